The largest absolute Gasteiger partial charge is 0.481 e. The van der Waals surface area contributed by atoms with Crippen LogP contribution in [0.25, 0.3) is 10.8 Å². The van der Waals surface area contributed by atoms with Gasteiger partial charge in [-0.3, -0.25) is 4.79 Å². The summed E-state index contributed by atoms with van der Waals surface area (Å²) in [6.07, 6.45) is 0.0847. The number of carboxylic acid groups (broad SMARTS) is 1. The lowest BCUT2D eigenvalue weighted by Gasteiger charge is -2.02. The molecule has 0 heterocycles. The van der Waals surface area contributed by atoms with Crippen LogP contribution in [0.1, 0.15) is 19.4 Å². The maximum atomic E-state index is 10.6. The highest BCUT2D eigenvalue weighted by molar-refractivity contribution is 5.88. The van der Waals surface area contributed by atoms with E-state index in [0.29, 0.717) is 0 Å². The van der Waals surface area contributed by atoms with E-state index in [1.165, 1.54) is 13.8 Å². The molecule has 94 valence electrons. The molecule has 0 radical (unpaired) electrons. The summed E-state index contributed by atoms with van der Waals surface area (Å²) in [6.45, 7) is 3.06. The highest BCUT2D eigenvalue weighted by atomic mass is 16.4. The maximum absolute atomic E-state index is 10.6. The van der Waals surface area contributed by atoms with Crippen LogP contribution in [0.15, 0.2) is 42.5 Å². The summed E-state index contributed by atoms with van der Waals surface area (Å²) < 4.78 is 0. The Hall–Kier alpha value is -2.16. The Bertz CT molecular complexity index is 549. The lowest BCUT2D eigenvalue weighted by atomic mass is 10.0. The average Bonchev–Trinajstić information content (AvgIpc) is 2.28. The van der Waals surface area contributed by atoms with Crippen LogP contribution < -0.4 is 0 Å². The normalized spacial score (nSPS) is 9.44. The van der Waals surface area contributed by atoms with Crippen molar-refractivity contribution in [2.75, 3.05) is 0 Å². The summed E-state index contributed by atoms with van der Waals surface area (Å²) in [7, 11) is 0. The molecule has 0 atom stereocenters. The second kappa shape index (κ2) is 6.55. The van der Waals surface area contributed by atoms with Crippen LogP contribution in [0, 0.1) is 0 Å². The first kappa shape index (κ1) is 13.9. The Balaban J connectivity index is 0.000000357. The number of ketones is 1. The van der Waals surface area contributed by atoms with Gasteiger partial charge in [-0.1, -0.05) is 42.5 Å². The van der Waals surface area contributed by atoms with E-state index in [-0.39, 0.29) is 12.2 Å². The minimum Gasteiger partial charge on any atom is -0.481 e. The molecule has 0 unspecified atom stereocenters. The SMILES string of the molecule is CC(C)=O.O=C(O)Cc1cccc2ccccc12. The van der Waals surface area contributed by atoms with Crippen molar-refractivity contribution in [3.63, 3.8) is 0 Å². The van der Waals surface area contributed by atoms with Crippen LogP contribution in [0.5, 0.6) is 0 Å². The number of benzene rings is 2. The fraction of sp³-hybridized carbons (Fsp3) is 0.200. The number of carbonyl (C=O) groups excluding carboxylic acids is 1. The third-order valence-electron chi connectivity index (χ3n) is 2.22. The highest BCUT2D eigenvalue weighted by Crippen LogP contribution is 2.18. The summed E-state index contributed by atoms with van der Waals surface area (Å²) in [5, 5.41) is 10.8. The van der Waals surface area contributed by atoms with Crippen LogP contribution >= 0.6 is 0 Å². The van der Waals surface area contributed by atoms with Crippen molar-refractivity contribution in [3.8, 4) is 0 Å². The molecule has 0 bridgehead atoms. The Kier molecular flexibility index (Phi) is 5.06. The van der Waals surface area contributed by atoms with Crippen molar-refractivity contribution in [1.82, 2.24) is 0 Å². The fourth-order valence-electron chi connectivity index (χ4n) is 1.61. The van der Waals surface area contributed by atoms with Crippen LogP contribution in [0.3, 0.4) is 0 Å². The van der Waals surface area contributed by atoms with Gasteiger partial charge in [0.05, 0.1) is 6.42 Å². The van der Waals surface area contributed by atoms with E-state index in [9.17, 15) is 9.59 Å². The molecule has 0 aliphatic heterocycles. The molecule has 2 aromatic rings. The number of fused-ring (bicyclic) bond motifs is 1. The van der Waals surface area contributed by atoms with Gasteiger partial charge in [0.1, 0.15) is 5.78 Å². The predicted octanol–water partition coefficient (Wildman–Crippen LogP) is 3.06. The van der Waals surface area contributed by atoms with E-state index in [4.69, 9.17) is 5.11 Å². The van der Waals surface area contributed by atoms with Gasteiger partial charge >= 0.3 is 5.97 Å². The zero-order valence-electron chi connectivity index (χ0n) is 10.5. The Labute approximate surface area is 106 Å². The van der Waals surface area contributed by atoms with E-state index in [1.807, 2.05) is 42.5 Å². The van der Waals surface area contributed by atoms with E-state index < -0.39 is 5.97 Å². The van der Waals surface area contributed by atoms with Crippen molar-refractivity contribution in [1.29, 1.82) is 0 Å². The summed E-state index contributed by atoms with van der Waals surface area (Å²) in [6, 6.07) is 13.5. The Morgan fingerprint density at radius 1 is 1.00 bits per heavy atom. The molecule has 0 fully saturated rings. The van der Waals surface area contributed by atoms with E-state index in [0.717, 1.165) is 16.3 Å². The van der Waals surface area contributed by atoms with Crippen molar-refractivity contribution in [3.05, 3.63) is 48.0 Å². The lowest BCUT2D eigenvalue weighted by molar-refractivity contribution is -0.136. The molecule has 0 amide bonds. The summed E-state index contributed by atoms with van der Waals surface area (Å²) in [5.41, 5.74) is 0.871. The second-order valence-electron chi connectivity index (χ2n) is 4.12. The summed E-state index contributed by atoms with van der Waals surface area (Å²) >= 11 is 0. The van der Waals surface area contributed by atoms with Gasteiger partial charge in [-0.05, 0) is 30.2 Å². The maximum Gasteiger partial charge on any atom is 0.307 e. The molecule has 0 saturated carbocycles. The molecule has 3 nitrogen and oxygen atoms in total. The number of carboxylic acids is 1. The third kappa shape index (κ3) is 4.37. The quantitative estimate of drug-likeness (QED) is 0.883. The Morgan fingerprint density at radius 3 is 2.17 bits per heavy atom. The lowest BCUT2D eigenvalue weighted by Crippen LogP contribution is -2.00. The second-order valence-corrected chi connectivity index (χ2v) is 4.12. The van der Waals surface area contributed by atoms with Crippen LogP contribution in [-0.2, 0) is 16.0 Å². The molecule has 0 aromatic heterocycles. The molecular weight excluding hydrogens is 228 g/mol. The fourth-order valence-corrected chi connectivity index (χ4v) is 1.61. The van der Waals surface area contributed by atoms with Gasteiger partial charge in [0.15, 0.2) is 0 Å². The van der Waals surface area contributed by atoms with Crippen molar-refractivity contribution < 1.29 is 14.7 Å². The van der Waals surface area contributed by atoms with E-state index >= 15 is 0 Å². The minimum absolute atomic E-state index is 0.0847. The first-order valence-corrected chi connectivity index (χ1v) is 5.66. The molecular formula is C15H16O3. The number of Topliss-reactive ketones (excluding diaryl/α,β-unsaturated/α-hetero) is 1. The zero-order valence-corrected chi connectivity index (χ0v) is 10.5. The molecule has 3 heteroatoms. The van der Waals surface area contributed by atoms with Gasteiger partial charge in [0, 0.05) is 0 Å². The Morgan fingerprint density at radius 2 is 1.56 bits per heavy atom. The number of hydrogen-bond donors (Lipinski definition) is 1. The first-order valence-electron chi connectivity index (χ1n) is 5.66. The van der Waals surface area contributed by atoms with Gasteiger partial charge in [-0.15, -0.1) is 0 Å². The van der Waals surface area contributed by atoms with Gasteiger partial charge in [0.25, 0.3) is 0 Å². The van der Waals surface area contributed by atoms with E-state index in [2.05, 4.69) is 0 Å². The molecule has 2 rings (SSSR count). The highest BCUT2D eigenvalue weighted by Gasteiger charge is 2.03. The van der Waals surface area contributed by atoms with Gasteiger partial charge < -0.3 is 9.90 Å². The van der Waals surface area contributed by atoms with Crippen molar-refractivity contribution in [2.45, 2.75) is 20.3 Å². The number of rotatable bonds is 2. The molecule has 0 saturated heterocycles. The van der Waals surface area contributed by atoms with E-state index in [1.54, 1.807) is 0 Å². The molecule has 18 heavy (non-hydrogen) atoms. The van der Waals surface area contributed by atoms with Crippen molar-refractivity contribution >= 4 is 22.5 Å². The number of hydrogen-bond acceptors (Lipinski definition) is 2. The zero-order chi connectivity index (χ0) is 13.5. The minimum atomic E-state index is -0.790. The number of aliphatic carboxylic acids is 1. The summed E-state index contributed by atoms with van der Waals surface area (Å²) in [5.74, 6) is -0.624. The van der Waals surface area contributed by atoms with Gasteiger partial charge in [-0.2, -0.15) is 0 Å². The predicted molar refractivity (Wildman–Crippen MR) is 71.6 cm³/mol. The van der Waals surface area contributed by atoms with Gasteiger partial charge in [0.2, 0.25) is 0 Å². The smallest absolute Gasteiger partial charge is 0.307 e. The first-order chi connectivity index (χ1) is 8.50. The standard InChI is InChI=1S/C12H10O2.C3H6O/c13-12(14)8-10-6-3-5-9-4-1-2-7-11(9)10;1-3(2)4/h1-7H,8H2,(H,13,14);1-2H3. The van der Waals surface area contributed by atoms with Crippen molar-refractivity contribution in [2.24, 2.45) is 0 Å². The topological polar surface area (TPSA) is 54.4 Å². The summed E-state index contributed by atoms with van der Waals surface area (Å²) in [4.78, 5) is 20.1. The monoisotopic (exact) mass is 244 g/mol. The van der Waals surface area contributed by atoms with Crippen LogP contribution in [0.2, 0.25) is 0 Å². The molecule has 0 spiro atoms. The molecule has 0 aliphatic rings. The van der Waals surface area contributed by atoms with Gasteiger partial charge in [-0.25, -0.2) is 0 Å². The molecule has 2 aromatic carbocycles. The molecule has 1 N–H and O–H groups in total. The van der Waals surface area contributed by atoms with Crippen LogP contribution in [-0.4, -0.2) is 16.9 Å². The van der Waals surface area contributed by atoms with Crippen LogP contribution in [0.4, 0.5) is 0 Å². The molecule has 0 aliphatic carbocycles. The third-order valence-corrected chi connectivity index (χ3v) is 2.22. The average molecular weight is 244 g/mol. The number of carbonyl (C=O) groups is 2.